The molecule has 2 aliphatic rings. The fourth-order valence-corrected chi connectivity index (χ4v) is 3.73. The van der Waals surface area contributed by atoms with Crippen molar-refractivity contribution in [2.45, 2.75) is 12.1 Å². The highest BCUT2D eigenvalue weighted by atomic mass is 32.2. The van der Waals surface area contributed by atoms with Gasteiger partial charge in [-0.05, 0) is 30.8 Å². The lowest BCUT2D eigenvalue weighted by atomic mass is 10.3. The SMILES string of the molecule is COC(=O)C1=C(C)N(NC(=O)Nc2ccccc2)C2(NCCO2)S1. The quantitative estimate of drug-likeness (QED) is 0.710. The highest BCUT2D eigenvalue weighted by Crippen LogP contribution is 2.46. The van der Waals surface area contributed by atoms with E-state index >= 15 is 0 Å². The van der Waals surface area contributed by atoms with Gasteiger partial charge in [0, 0.05) is 12.2 Å². The standard InChI is InChI=1S/C15H18N4O4S/c1-10-12(13(20)22-2)24-15(16-8-9-23-15)19(10)18-14(21)17-11-6-4-3-5-7-11/h3-7,16H,8-9H2,1-2H3,(H2,17,18,21). The molecule has 1 spiro atoms. The molecule has 2 heterocycles. The molecule has 1 atom stereocenters. The molecule has 1 fully saturated rings. The Morgan fingerprint density at radius 2 is 2.12 bits per heavy atom. The van der Waals surface area contributed by atoms with E-state index in [-0.39, 0.29) is 0 Å². The van der Waals surface area contributed by atoms with E-state index in [1.165, 1.54) is 23.9 Å². The number of hydrazine groups is 1. The van der Waals surface area contributed by atoms with Gasteiger partial charge in [0.25, 0.3) is 5.18 Å². The van der Waals surface area contributed by atoms with Crippen molar-refractivity contribution in [3.05, 3.63) is 40.9 Å². The number of allylic oxidation sites excluding steroid dienone is 1. The summed E-state index contributed by atoms with van der Waals surface area (Å²) in [5.41, 5.74) is 3.93. The average molecular weight is 350 g/mol. The van der Waals surface area contributed by atoms with Gasteiger partial charge < -0.3 is 14.8 Å². The second kappa shape index (κ2) is 6.71. The van der Waals surface area contributed by atoms with Crippen molar-refractivity contribution in [3.63, 3.8) is 0 Å². The summed E-state index contributed by atoms with van der Waals surface area (Å²) < 4.78 is 10.5. The van der Waals surface area contributed by atoms with Gasteiger partial charge in [-0.15, -0.1) is 0 Å². The smallest absolute Gasteiger partial charge is 0.346 e. The number of rotatable bonds is 3. The third kappa shape index (κ3) is 3.05. The summed E-state index contributed by atoms with van der Waals surface area (Å²) in [6.45, 7) is 2.79. The molecule has 3 N–H and O–H groups in total. The van der Waals surface area contributed by atoms with Gasteiger partial charge >= 0.3 is 12.0 Å². The summed E-state index contributed by atoms with van der Waals surface area (Å²) in [6.07, 6.45) is 0. The maximum absolute atomic E-state index is 12.3. The maximum atomic E-state index is 12.3. The summed E-state index contributed by atoms with van der Waals surface area (Å²) in [6, 6.07) is 8.63. The van der Waals surface area contributed by atoms with E-state index < -0.39 is 17.2 Å². The average Bonchev–Trinajstić information content (AvgIpc) is 3.16. The van der Waals surface area contributed by atoms with Crippen LogP contribution >= 0.6 is 11.8 Å². The van der Waals surface area contributed by atoms with E-state index in [2.05, 4.69) is 16.1 Å². The van der Waals surface area contributed by atoms with Crippen LogP contribution in [0.3, 0.4) is 0 Å². The Hall–Kier alpha value is -2.23. The molecule has 3 rings (SSSR count). The summed E-state index contributed by atoms with van der Waals surface area (Å²) in [4.78, 5) is 24.6. The monoisotopic (exact) mass is 350 g/mol. The van der Waals surface area contributed by atoms with Crippen molar-refractivity contribution in [3.8, 4) is 0 Å². The zero-order valence-corrected chi connectivity index (χ0v) is 14.1. The van der Waals surface area contributed by atoms with Crippen molar-refractivity contribution in [1.29, 1.82) is 0 Å². The minimum Gasteiger partial charge on any atom is -0.465 e. The number of benzene rings is 1. The fourth-order valence-electron chi connectivity index (χ4n) is 2.46. The molecule has 1 unspecified atom stereocenters. The van der Waals surface area contributed by atoms with Crippen LogP contribution in [0.4, 0.5) is 10.5 Å². The predicted molar refractivity (Wildman–Crippen MR) is 89.4 cm³/mol. The number of amides is 2. The molecule has 9 heteroatoms. The number of hydrogen-bond donors (Lipinski definition) is 3. The first-order valence-corrected chi connectivity index (χ1v) is 8.17. The van der Waals surface area contributed by atoms with Gasteiger partial charge in [0.05, 0.1) is 19.4 Å². The molecular formula is C15H18N4O4S. The van der Waals surface area contributed by atoms with Gasteiger partial charge in [-0.2, -0.15) is 0 Å². The van der Waals surface area contributed by atoms with Gasteiger partial charge in [-0.3, -0.25) is 5.32 Å². The number of methoxy groups -OCH3 is 1. The molecule has 128 valence electrons. The normalized spacial score (nSPS) is 22.8. The lowest BCUT2D eigenvalue weighted by Crippen LogP contribution is -2.58. The van der Waals surface area contributed by atoms with Crippen LogP contribution in [0.15, 0.2) is 40.9 Å². The Morgan fingerprint density at radius 1 is 1.38 bits per heavy atom. The molecular weight excluding hydrogens is 332 g/mol. The molecule has 1 aromatic carbocycles. The zero-order valence-electron chi connectivity index (χ0n) is 13.3. The number of urea groups is 1. The van der Waals surface area contributed by atoms with Gasteiger partial charge in [0.1, 0.15) is 4.91 Å². The van der Waals surface area contributed by atoms with Crippen LogP contribution in [-0.2, 0) is 14.3 Å². The van der Waals surface area contributed by atoms with Crippen molar-refractivity contribution in [2.75, 3.05) is 25.6 Å². The molecule has 1 aromatic rings. The molecule has 1 saturated heterocycles. The van der Waals surface area contributed by atoms with Crippen LogP contribution in [0.25, 0.3) is 0 Å². The Morgan fingerprint density at radius 3 is 2.75 bits per heavy atom. The first-order valence-electron chi connectivity index (χ1n) is 7.36. The number of thioether (sulfide) groups is 1. The summed E-state index contributed by atoms with van der Waals surface area (Å²) >= 11 is 1.17. The molecule has 0 radical (unpaired) electrons. The summed E-state index contributed by atoms with van der Waals surface area (Å²) in [5, 5.41) is 6.37. The van der Waals surface area contributed by atoms with Gasteiger partial charge in [0.2, 0.25) is 0 Å². The molecule has 24 heavy (non-hydrogen) atoms. The van der Waals surface area contributed by atoms with Gasteiger partial charge in [0.15, 0.2) is 0 Å². The number of nitrogens with zero attached hydrogens (tertiary/aromatic N) is 1. The second-order valence-corrected chi connectivity index (χ2v) is 6.30. The van der Waals surface area contributed by atoms with Crippen LogP contribution < -0.4 is 16.1 Å². The summed E-state index contributed by atoms with van der Waals surface area (Å²) in [7, 11) is 1.32. The molecule has 0 aliphatic carbocycles. The van der Waals surface area contributed by atoms with E-state index in [9.17, 15) is 9.59 Å². The predicted octanol–water partition coefficient (Wildman–Crippen LogP) is 1.41. The number of para-hydroxylation sites is 1. The second-order valence-electron chi connectivity index (χ2n) is 5.13. The lowest BCUT2D eigenvalue weighted by Gasteiger charge is -2.35. The first-order chi connectivity index (χ1) is 11.6. The number of esters is 1. The number of carbonyl (C=O) groups excluding carboxylic acids is 2. The third-order valence-electron chi connectivity index (χ3n) is 3.56. The number of hydrogen-bond acceptors (Lipinski definition) is 7. The van der Waals surface area contributed by atoms with Crippen LogP contribution in [0.1, 0.15) is 6.92 Å². The van der Waals surface area contributed by atoms with E-state index in [0.717, 1.165) is 0 Å². The highest BCUT2D eigenvalue weighted by molar-refractivity contribution is 8.05. The number of anilines is 1. The van der Waals surface area contributed by atoms with Crippen molar-refractivity contribution in [2.24, 2.45) is 0 Å². The van der Waals surface area contributed by atoms with Gasteiger partial charge in [-0.1, -0.05) is 18.2 Å². The lowest BCUT2D eigenvalue weighted by molar-refractivity contribution is -0.135. The van der Waals surface area contributed by atoms with Crippen molar-refractivity contribution in [1.82, 2.24) is 15.8 Å². The topological polar surface area (TPSA) is 91.9 Å². The zero-order chi connectivity index (χ0) is 17.2. The Bertz CT molecular complexity index is 673. The molecule has 2 amide bonds. The molecule has 0 aromatic heterocycles. The number of nitrogens with one attached hydrogen (secondary N) is 3. The number of carbonyl (C=O) groups is 2. The Labute approximate surface area is 143 Å². The Balaban J connectivity index is 1.79. The van der Waals surface area contributed by atoms with Crippen molar-refractivity contribution >= 4 is 29.4 Å². The minimum absolute atomic E-state index is 0.381. The minimum atomic E-state index is -1.04. The largest absolute Gasteiger partial charge is 0.465 e. The van der Waals surface area contributed by atoms with E-state index in [4.69, 9.17) is 9.47 Å². The van der Waals surface area contributed by atoms with Gasteiger partial charge in [-0.25, -0.2) is 20.0 Å². The van der Waals surface area contributed by atoms with Crippen LogP contribution in [-0.4, -0.2) is 42.5 Å². The maximum Gasteiger partial charge on any atom is 0.346 e. The summed E-state index contributed by atoms with van der Waals surface area (Å²) in [5.74, 6) is -0.470. The fraction of sp³-hybridized carbons (Fsp3) is 0.333. The third-order valence-corrected chi connectivity index (χ3v) is 4.95. The first kappa shape index (κ1) is 16.6. The molecule has 8 nitrogen and oxygen atoms in total. The highest BCUT2D eigenvalue weighted by Gasteiger charge is 2.51. The molecule has 2 aliphatic heterocycles. The van der Waals surface area contributed by atoms with E-state index in [1.54, 1.807) is 19.1 Å². The van der Waals surface area contributed by atoms with Crippen LogP contribution in [0.2, 0.25) is 0 Å². The Kier molecular flexibility index (Phi) is 4.65. The van der Waals surface area contributed by atoms with E-state index in [0.29, 0.717) is 29.4 Å². The van der Waals surface area contributed by atoms with Crippen LogP contribution in [0, 0.1) is 0 Å². The van der Waals surface area contributed by atoms with Crippen molar-refractivity contribution < 1.29 is 19.1 Å². The van der Waals surface area contributed by atoms with Crippen LogP contribution in [0.5, 0.6) is 0 Å². The van der Waals surface area contributed by atoms with E-state index in [1.807, 2.05) is 18.2 Å². The molecule has 0 saturated carbocycles. The number of ether oxygens (including phenoxy) is 2. The molecule has 0 bridgehead atoms.